The number of hydrogen-bond donors (Lipinski definition) is 2. The highest BCUT2D eigenvalue weighted by molar-refractivity contribution is 5.97. The lowest BCUT2D eigenvalue weighted by Crippen LogP contribution is -2.38. The lowest BCUT2D eigenvalue weighted by molar-refractivity contribution is 0.0950. The minimum atomic E-state index is -0.154. The van der Waals surface area contributed by atoms with Gasteiger partial charge in [0.15, 0.2) is 0 Å². The number of rotatable bonds is 5. The summed E-state index contributed by atoms with van der Waals surface area (Å²) in [5, 5.41) is 7.59. The summed E-state index contributed by atoms with van der Waals surface area (Å²) in [6.45, 7) is 2.49. The van der Waals surface area contributed by atoms with Crippen LogP contribution >= 0.6 is 0 Å². The van der Waals surface area contributed by atoms with Crippen LogP contribution in [0.5, 0.6) is 0 Å². The third kappa shape index (κ3) is 2.51. The van der Waals surface area contributed by atoms with E-state index in [1.165, 1.54) is 19.0 Å². The molecule has 3 N–H and O–H groups in total. The molecule has 0 aromatic carbocycles. The van der Waals surface area contributed by atoms with Gasteiger partial charge in [0.2, 0.25) is 0 Å². The van der Waals surface area contributed by atoms with Crippen molar-refractivity contribution in [3.8, 4) is 0 Å². The second kappa shape index (κ2) is 5.20. The molecule has 6 nitrogen and oxygen atoms in total. The van der Waals surface area contributed by atoms with Gasteiger partial charge in [-0.2, -0.15) is 0 Å². The van der Waals surface area contributed by atoms with Crippen molar-refractivity contribution >= 4 is 17.0 Å². The van der Waals surface area contributed by atoms with Crippen molar-refractivity contribution in [3.05, 3.63) is 23.5 Å². The highest BCUT2D eigenvalue weighted by atomic mass is 16.5. The van der Waals surface area contributed by atoms with Crippen molar-refractivity contribution < 1.29 is 9.32 Å². The van der Waals surface area contributed by atoms with E-state index in [0.29, 0.717) is 23.7 Å². The Kier molecular flexibility index (Phi) is 3.40. The fourth-order valence-electron chi connectivity index (χ4n) is 2.26. The molecule has 0 bridgehead atoms. The number of nitrogens with one attached hydrogen (secondary N) is 1. The Morgan fingerprint density at radius 2 is 2.40 bits per heavy atom. The van der Waals surface area contributed by atoms with Gasteiger partial charge in [-0.1, -0.05) is 12.1 Å². The van der Waals surface area contributed by atoms with Gasteiger partial charge in [-0.05, 0) is 31.2 Å². The second-order valence-corrected chi connectivity index (χ2v) is 5.27. The number of fused-ring (bicyclic) bond motifs is 1. The Morgan fingerprint density at radius 3 is 3.10 bits per heavy atom. The number of amides is 1. The van der Waals surface area contributed by atoms with Gasteiger partial charge in [-0.25, -0.2) is 4.98 Å². The number of carbonyl (C=O) groups is 1. The van der Waals surface area contributed by atoms with Crippen molar-refractivity contribution in [2.24, 2.45) is 11.7 Å². The summed E-state index contributed by atoms with van der Waals surface area (Å²) in [6, 6.07) is 1.83. The highest BCUT2D eigenvalue weighted by Gasteiger charge is 2.28. The molecule has 0 saturated heterocycles. The molecular weight excluding hydrogens is 256 g/mol. The van der Waals surface area contributed by atoms with E-state index in [9.17, 15) is 4.79 Å². The molecular formula is C14H18N4O2. The van der Waals surface area contributed by atoms with Crippen molar-refractivity contribution in [1.29, 1.82) is 0 Å². The molecule has 20 heavy (non-hydrogen) atoms. The van der Waals surface area contributed by atoms with Gasteiger partial charge < -0.3 is 15.6 Å². The van der Waals surface area contributed by atoms with E-state index in [1.54, 1.807) is 6.07 Å². The number of pyridine rings is 1. The molecule has 1 saturated carbocycles. The topological polar surface area (TPSA) is 94.0 Å². The molecule has 2 heterocycles. The lowest BCUT2D eigenvalue weighted by Gasteiger charge is -2.11. The van der Waals surface area contributed by atoms with Gasteiger partial charge >= 0.3 is 0 Å². The summed E-state index contributed by atoms with van der Waals surface area (Å²) >= 11 is 0. The van der Waals surface area contributed by atoms with Crippen LogP contribution in [-0.2, 0) is 6.42 Å². The summed E-state index contributed by atoms with van der Waals surface area (Å²) < 4.78 is 5.10. The van der Waals surface area contributed by atoms with Crippen LogP contribution in [0.2, 0.25) is 0 Å². The molecule has 3 rings (SSSR count). The summed E-state index contributed by atoms with van der Waals surface area (Å²) in [5.41, 5.74) is 7.76. The van der Waals surface area contributed by atoms with Crippen molar-refractivity contribution in [2.45, 2.75) is 32.2 Å². The number of nitrogens with two attached hydrogens (primary N) is 1. The molecule has 1 fully saturated rings. The maximum absolute atomic E-state index is 12.1. The molecule has 2 aromatic heterocycles. The lowest BCUT2D eigenvalue weighted by atomic mass is 10.1. The third-order valence-electron chi connectivity index (χ3n) is 3.73. The molecule has 106 valence electrons. The average Bonchev–Trinajstić information content (AvgIpc) is 3.24. The average molecular weight is 274 g/mol. The zero-order valence-electron chi connectivity index (χ0n) is 11.4. The number of nitrogens with zero attached hydrogens (tertiary/aromatic N) is 2. The minimum absolute atomic E-state index is 0.0532. The van der Waals surface area contributed by atoms with Gasteiger partial charge in [-0.3, -0.25) is 4.79 Å². The first kappa shape index (κ1) is 13.1. The van der Waals surface area contributed by atoms with E-state index < -0.39 is 0 Å². The van der Waals surface area contributed by atoms with Gasteiger partial charge in [-0.15, -0.1) is 0 Å². The van der Waals surface area contributed by atoms with Crippen LogP contribution in [0.1, 0.15) is 35.8 Å². The summed E-state index contributed by atoms with van der Waals surface area (Å²) in [4.78, 5) is 16.2. The van der Waals surface area contributed by atoms with Crippen LogP contribution in [0.25, 0.3) is 11.1 Å². The highest BCUT2D eigenvalue weighted by Crippen LogP contribution is 2.31. The first-order chi connectivity index (χ1) is 9.69. The van der Waals surface area contributed by atoms with E-state index in [1.807, 2.05) is 6.92 Å². The van der Waals surface area contributed by atoms with Crippen molar-refractivity contribution in [1.82, 2.24) is 15.5 Å². The fraction of sp³-hybridized carbons (Fsp3) is 0.500. The number of aromatic nitrogens is 2. The van der Waals surface area contributed by atoms with E-state index in [0.717, 1.165) is 17.5 Å². The predicted octanol–water partition coefficient (Wildman–Crippen LogP) is 1.25. The smallest absolute Gasteiger partial charge is 0.257 e. The van der Waals surface area contributed by atoms with Crippen LogP contribution < -0.4 is 11.1 Å². The predicted molar refractivity (Wildman–Crippen MR) is 74.2 cm³/mol. The van der Waals surface area contributed by atoms with E-state index in [2.05, 4.69) is 15.5 Å². The quantitative estimate of drug-likeness (QED) is 0.855. The van der Waals surface area contributed by atoms with Crippen LogP contribution in [-0.4, -0.2) is 28.6 Å². The van der Waals surface area contributed by atoms with Gasteiger partial charge in [0.1, 0.15) is 0 Å². The molecule has 1 unspecified atom stereocenters. The normalized spacial score (nSPS) is 16.3. The molecule has 2 aromatic rings. The van der Waals surface area contributed by atoms with Crippen molar-refractivity contribution in [2.75, 3.05) is 6.54 Å². The first-order valence-electron chi connectivity index (χ1n) is 6.97. The van der Waals surface area contributed by atoms with Gasteiger partial charge in [0.05, 0.1) is 16.6 Å². The van der Waals surface area contributed by atoms with Crippen LogP contribution in [0.3, 0.4) is 0 Å². The largest absolute Gasteiger partial charge is 0.350 e. The van der Waals surface area contributed by atoms with E-state index in [4.69, 9.17) is 10.3 Å². The molecule has 0 spiro atoms. The zero-order chi connectivity index (χ0) is 14.1. The first-order valence-corrected chi connectivity index (χ1v) is 6.97. The van der Waals surface area contributed by atoms with Crippen LogP contribution in [0, 0.1) is 5.92 Å². The molecule has 1 atom stereocenters. The van der Waals surface area contributed by atoms with Gasteiger partial charge in [0, 0.05) is 18.8 Å². The van der Waals surface area contributed by atoms with Crippen LogP contribution in [0.4, 0.5) is 0 Å². The SMILES string of the molecule is CCc1noc2ncc(C(=O)NCC(N)C3CC3)cc12. The van der Waals surface area contributed by atoms with E-state index in [-0.39, 0.29) is 11.9 Å². The molecule has 0 aliphatic heterocycles. The van der Waals surface area contributed by atoms with Crippen molar-refractivity contribution in [3.63, 3.8) is 0 Å². The Bertz CT molecular complexity index is 633. The summed E-state index contributed by atoms with van der Waals surface area (Å²) in [7, 11) is 0. The molecule has 0 radical (unpaired) electrons. The number of aryl methyl sites for hydroxylation is 1. The number of hydrogen-bond acceptors (Lipinski definition) is 5. The van der Waals surface area contributed by atoms with E-state index >= 15 is 0 Å². The number of carbonyl (C=O) groups excluding carboxylic acids is 1. The Labute approximate surface area is 116 Å². The molecule has 1 aliphatic rings. The minimum Gasteiger partial charge on any atom is -0.350 e. The second-order valence-electron chi connectivity index (χ2n) is 5.27. The maximum Gasteiger partial charge on any atom is 0.257 e. The molecule has 6 heteroatoms. The Balaban J connectivity index is 1.73. The standard InChI is InChI=1S/C14H18N4O2/c1-2-12-10-5-9(6-17-14(10)20-18-12)13(19)16-7-11(15)8-3-4-8/h5-6,8,11H,2-4,7,15H2,1H3,(H,16,19). The third-order valence-corrected chi connectivity index (χ3v) is 3.73. The Morgan fingerprint density at radius 1 is 1.60 bits per heavy atom. The molecule has 1 amide bonds. The summed E-state index contributed by atoms with van der Waals surface area (Å²) in [6.07, 6.45) is 4.59. The maximum atomic E-state index is 12.1. The van der Waals surface area contributed by atoms with Crippen LogP contribution in [0.15, 0.2) is 16.8 Å². The molecule has 1 aliphatic carbocycles. The zero-order valence-corrected chi connectivity index (χ0v) is 11.4. The van der Waals surface area contributed by atoms with Gasteiger partial charge in [0.25, 0.3) is 11.6 Å². The summed E-state index contributed by atoms with van der Waals surface area (Å²) in [5.74, 6) is 0.416. The Hall–Kier alpha value is -1.95. The monoisotopic (exact) mass is 274 g/mol. The fourth-order valence-corrected chi connectivity index (χ4v) is 2.26.